The van der Waals surface area contributed by atoms with Crippen molar-refractivity contribution in [1.82, 2.24) is 10.2 Å². The van der Waals surface area contributed by atoms with Crippen molar-refractivity contribution < 1.29 is 27.2 Å². The molecule has 0 radical (unpaired) electrons. The first kappa shape index (κ1) is 23.3. The third-order valence-electron chi connectivity index (χ3n) is 5.77. The molecule has 0 saturated carbocycles. The number of amides is 3. The Bertz CT molecular complexity index is 1270. The zero-order valence-corrected chi connectivity index (χ0v) is 18.5. The van der Waals surface area contributed by atoms with Gasteiger partial charge in [0.15, 0.2) is 0 Å². The van der Waals surface area contributed by atoms with Crippen molar-refractivity contribution in [2.24, 2.45) is 0 Å². The molecule has 1 aliphatic heterocycles. The zero-order chi connectivity index (χ0) is 24.6. The molecule has 0 aliphatic carbocycles. The molecule has 1 aliphatic rings. The maximum atomic E-state index is 13.9. The lowest BCUT2D eigenvalue weighted by Gasteiger charge is -2.35. The molecule has 176 valence electrons. The van der Waals surface area contributed by atoms with Crippen LogP contribution in [0.2, 0.25) is 0 Å². The van der Waals surface area contributed by atoms with Gasteiger partial charge in [0.25, 0.3) is 5.91 Å². The Kier molecular flexibility index (Phi) is 6.28. The average molecular weight is 471 g/mol. The van der Waals surface area contributed by atoms with Gasteiger partial charge < -0.3 is 10.2 Å². The highest BCUT2D eigenvalue weighted by molar-refractivity contribution is 5.99. The number of hydrogen-bond donors (Lipinski definition) is 1. The Hall–Kier alpha value is -3.88. The van der Waals surface area contributed by atoms with Crippen molar-refractivity contribution in [3.63, 3.8) is 0 Å². The maximum Gasteiger partial charge on any atom is 0.324 e. The van der Waals surface area contributed by atoms with E-state index in [9.17, 15) is 27.2 Å². The second-order valence-electron chi connectivity index (χ2n) is 8.17. The monoisotopic (exact) mass is 471 g/mol. The summed E-state index contributed by atoms with van der Waals surface area (Å²) < 4.78 is 54.4. The predicted molar refractivity (Wildman–Crippen MR) is 118 cm³/mol. The first-order chi connectivity index (χ1) is 16.1. The second kappa shape index (κ2) is 9.17. The van der Waals surface area contributed by atoms with Gasteiger partial charge in [-0.15, -0.1) is 0 Å². The van der Waals surface area contributed by atoms with Crippen LogP contribution >= 0.6 is 0 Å². The molecule has 0 saturated heterocycles. The molecule has 34 heavy (non-hydrogen) atoms. The van der Waals surface area contributed by atoms with Crippen LogP contribution in [-0.2, 0) is 19.6 Å². The largest absolute Gasteiger partial charge is 0.348 e. The molecule has 3 aromatic carbocycles. The van der Waals surface area contributed by atoms with Crippen LogP contribution in [0.1, 0.15) is 32.6 Å². The predicted octanol–water partition coefficient (Wildman–Crippen LogP) is 5.05. The molecule has 3 aromatic rings. The highest BCUT2D eigenvalue weighted by atomic mass is 19.1. The number of carbonyl (C=O) groups is 2. The molecule has 1 heterocycles. The highest BCUT2D eigenvalue weighted by Gasteiger charge is 2.29. The second-order valence-corrected chi connectivity index (χ2v) is 8.17. The van der Waals surface area contributed by atoms with Gasteiger partial charge in [0.1, 0.15) is 23.3 Å². The van der Waals surface area contributed by atoms with Gasteiger partial charge in [0, 0.05) is 43.4 Å². The van der Waals surface area contributed by atoms with Gasteiger partial charge in [-0.1, -0.05) is 12.1 Å². The number of aryl methyl sites for hydroxylation is 1. The molecule has 0 atom stereocenters. The lowest BCUT2D eigenvalue weighted by Crippen LogP contribution is -2.45. The van der Waals surface area contributed by atoms with Crippen molar-refractivity contribution in [1.29, 1.82) is 0 Å². The van der Waals surface area contributed by atoms with Crippen molar-refractivity contribution in [3.05, 3.63) is 99.6 Å². The number of anilines is 1. The van der Waals surface area contributed by atoms with Crippen LogP contribution in [0.5, 0.6) is 0 Å². The number of fused-ring (bicyclic) bond motifs is 1. The summed E-state index contributed by atoms with van der Waals surface area (Å²) in [6.45, 7) is 1.77. The van der Waals surface area contributed by atoms with E-state index in [0.717, 1.165) is 11.1 Å². The number of hydrogen-bond acceptors (Lipinski definition) is 2. The molecule has 5 nitrogen and oxygen atoms in total. The van der Waals surface area contributed by atoms with Crippen LogP contribution in [0.15, 0.2) is 48.5 Å². The molecule has 0 fully saturated rings. The lowest BCUT2D eigenvalue weighted by atomic mass is 10.0. The Morgan fingerprint density at radius 3 is 2.35 bits per heavy atom. The number of benzene rings is 3. The minimum absolute atomic E-state index is 0.166. The summed E-state index contributed by atoms with van der Waals surface area (Å²) in [5, 5.41) is 2.43. The van der Waals surface area contributed by atoms with E-state index in [1.807, 2.05) is 0 Å². The molecular formula is C25H21F4N3O2. The van der Waals surface area contributed by atoms with E-state index in [1.165, 1.54) is 28.0 Å². The van der Waals surface area contributed by atoms with Crippen molar-refractivity contribution >= 4 is 17.6 Å². The molecule has 4 rings (SSSR count). The summed E-state index contributed by atoms with van der Waals surface area (Å²) in [5.41, 5.74) is 2.46. The summed E-state index contributed by atoms with van der Waals surface area (Å²) in [6, 6.07) is 9.89. The van der Waals surface area contributed by atoms with E-state index in [4.69, 9.17) is 0 Å². The first-order valence-corrected chi connectivity index (χ1v) is 10.5. The highest BCUT2D eigenvalue weighted by Crippen LogP contribution is 2.31. The molecule has 0 bridgehead atoms. The SMILES string of the molecule is Cc1cc(F)ccc1CN1C(=O)N(C)Cc2ccc(C(=O)NCc3c(F)cc(F)cc3F)cc21. The van der Waals surface area contributed by atoms with Gasteiger partial charge >= 0.3 is 6.03 Å². The average Bonchev–Trinajstić information content (AvgIpc) is 2.77. The summed E-state index contributed by atoms with van der Waals surface area (Å²) >= 11 is 0. The van der Waals surface area contributed by atoms with Gasteiger partial charge in [0.2, 0.25) is 0 Å². The van der Waals surface area contributed by atoms with Gasteiger partial charge in [-0.3, -0.25) is 9.69 Å². The lowest BCUT2D eigenvalue weighted by molar-refractivity contribution is 0.0950. The van der Waals surface area contributed by atoms with Crippen LogP contribution in [-0.4, -0.2) is 23.9 Å². The molecule has 0 aromatic heterocycles. The fraction of sp³-hybridized carbons (Fsp3) is 0.200. The first-order valence-electron chi connectivity index (χ1n) is 10.5. The third-order valence-corrected chi connectivity index (χ3v) is 5.77. The van der Waals surface area contributed by atoms with Gasteiger partial charge in [0.05, 0.1) is 12.2 Å². The van der Waals surface area contributed by atoms with Crippen molar-refractivity contribution in [2.75, 3.05) is 11.9 Å². The number of halogens is 4. The van der Waals surface area contributed by atoms with Crippen LogP contribution in [0, 0.1) is 30.2 Å². The molecular weight excluding hydrogens is 450 g/mol. The fourth-order valence-corrected chi connectivity index (χ4v) is 3.89. The van der Waals surface area contributed by atoms with Gasteiger partial charge in [-0.25, -0.2) is 22.4 Å². The molecule has 1 N–H and O–H groups in total. The number of nitrogens with one attached hydrogen (secondary N) is 1. The standard InChI is InChI=1S/C25H21F4N3O2/c1-14-7-18(26)6-5-16(14)13-32-23-8-15(3-4-17(23)12-31(2)25(32)34)24(33)30-11-20-21(28)9-19(27)10-22(20)29/h3-10H,11-13H2,1-2H3,(H,30,33). The summed E-state index contributed by atoms with van der Waals surface area (Å²) in [5.74, 6) is -4.24. The molecule has 0 unspecified atom stereocenters. The van der Waals surface area contributed by atoms with E-state index in [0.29, 0.717) is 29.9 Å². The molecule has 0 spiro atoms. The van der Waals surface area contributed by atoms with Gasteiger partial charge in [-0.2, -0.15) is 0 Å². The number of carbonyl (C=O) groups excluding carboxylic acids is 2. The van der Waals surface area contributed by atoms with Crippen molar-refractivity contribution in [3.8, 4) is 0 Å². The quantitative estimate of drug-likeness (QED) is 0.530. The molecule has 9 heteroatoms. The van der Waals surface area contributed by atoms with Crippen LogP contribution in [0.25, 0.3) is 0 Å². The van der Waals surface area contributed by atoms with Crippen LogP contribution in [0.3, 0.4) is 0 Å². The summed E-state index contributed by atoms with van der Waals surface area (Å²) in [6.07, 6.45) is 0. The fourth-order valence-electron chi connectivity index (χ4n) is 3.89. The van der Waals surface area contributed by atoms with E-state index >= 15 is 0 Å². The van der Waals surface area contributed by atoms with Crippen molar-refractivity contribution in [2.45, 2.75) is 26.6 Å². The Morgan fingerprint density at radius 1 is 0.971 bits per heavy atom. The Morgan fingerprint density at radius 2 is 1.68 bits per heavy atom. The summed E-state index contributed by atoms with van der Waals surface area (Å²) in [4.78, 5) is 28.7. The van der Waals surface area contributed by atoms with E-state index in [-0.39, 0.29) is 24.0 Å². The Balaban J connectivity index is 1.60. The maximum absolute atomic E-state index is 13.9. The van der Waals surface area contributed by atoms with Gasteiger partial charge in [-0.05, 0) is 47.9 Å². The normalized spacial score (nSPS) is 13.2. The minimum Gasteiger partial charge on any atom is -0.348 e. The number of nitrogens with zero attached hydrogens (tertiary/aromatic N) is 2. The summed E-state index contributed by atoms with van der Waals surface area (Å²) in [7, 11) is 1.65. The van der Waals surface area contributed by atoms with E-state index < -0.39 is 35.5 Å². The smallest absolute Gasteiger partial charge is 0.324 e. The number of urea groups is 1. The van der Waals surface area contributed by atoms with E-state index in [2.05, 4.69) is 5.32 Å². The van der Waals surface area contributed by atoms with E-state index in [1.54, 1.807) is 32.2 Å². The number of rotatable bonds is 5. The Labute approximate surface area is 193 Å². The van der Waals surface area contributed by atoms with Crippen LogP contribution in [0.4, 0.5) is 28.0 Å². The van der Waals surface area contributed by atoms with Crippen LogP contribution < -0.4 is 10.2 Å². The zero-order valence-electron chi connectivity index (χ0n) is 18.5. The minimum atomic E-state index is -1.10. The molecule has 3 amide bonds. The third kappa shape index (κ3) is 4.59. The topological polar surface area (TPSA) is 52.7 Å².